The molecule has 0 aliphatic carbocycles. The zero-order valence-corrected chi connectivity index (χ0v) is 16.9. The Bertz CT molecular complexity index is 925. The molecule has 0 N–H and O–H groups in total. The molecule has 1 saturated heterocycles. The predicted molar refractivity (Wildman–Crippen MR) is 105 cm³/mol. The van der Waals surface area contributed by atoms with Crippen molar-refractivity contribution in [3.63, 3.8) is 0 Å². The van der Waals surface area contributed by atoms with E-state index in [1.54, 1.807) is 44.2 Å². The van der Waals surface area contributed by atoms with Gasteiger partial charge in [-0.1, -0.05) is 31.2 Å². The summed E-state index contributed by atoms with van der Waals surface area (Å²) in [5, 5.41) is 0. The topological polar surface area (TPSA) is 67.3 Å². The number of benzene rings is 1. The molecule has 0 atom stereocenters. The van der Waals surface area contributed by atoms with Crippen molar-refractivity contribution in [1.82, 2.24) is 9.88 Å². The van der Waals surface area contributed by atoms with E-state index in [4.69, 9.17) is 0 Å². The first-order chi connectivity index (χ1) is 12.8. The minimum atomic E-state index is -3.54. The second-order valence-corrected chi connectivity index (χ2v) is 9.40. The van der Waals surface area contributed by atoms with Crippen LogP contribution in [0.15, 0.2) is 41.3 Å². The van der Waals surface area contributed by atoms with Gasteiger partial charge in [-0.15, -0.1) is 0 Å². The van der Waals surface area contributed by atoms with Crippen LogP contribution in [0.4, 0.5) is 0 Å². The molecule has 0 radical (unpaired) electrons. The fraction of sp³-hybridized carbons (Fsp3) is 0.429. The first kappa shape index (κ1) is 19.5. The number of carbonyl (C=O) groups is 1. The van der Waals surface area contributed by atoms with Crippen LogP contribution in [0.2, 0.25) is 0 Å². The van der Waals surface area contributed by atoms with Crippen molar-refractivity contribution in [2.24, 2.45) is 5.92 Å². The minimum absolute atomic E-state index is 0.117. The minimum Gasteiger partial charge on any atom is -0.337 e. The summed E-state index contributed by atoms with van der Waals surface area (Å²) in [6, 6.07) is 10.5. The Morgan fingerprint density at radius 1 is 1.07 bits per heavy atom. The number of piperidine rings is 1. The lowest BCUT2D eigenvalue weighted by Crippen LogP contribution is -2.38. The summed E-state index contributed by atoms with van der Waals surface area (Å²) in [6.07, 6.45) is 1.98. The van der Waals surface area contributed by atoms with Gasteiger partial charge in [-0.25, -0.2) is 13.4 Å². The Morgan fingerprint density at radius 3 is 2.30 bits per heavy atom. The summed E-state index contributed by atoms with van der Waals surface area (Å²) in [4.78, 5) is 19.2. The van der Waals surface area contributed by atoms with Crippen molar-refractivity contribution in [2.45, 2.75) is 44.3 Å². The number of amides is 1. The molecule has 1 fully saturated rings. The van der Waals surface area contributed by atoms with Crippen molar-refractivity contribution in [3.05, 3.63) is 58.9 Å². The maximum absolute atomic E-state index is 12.9. The Hall–Kier alpha value is -2.21. The van der Waals surface area contributed by atoms with E-state index < -0.39 is 9.84 Å². The van der Waals surface area contributed by atoms with Gasteiger partial charge in [-0.3, -0.25) is 4.79 Å². The Morgan fingerprint density at radius 2 is 1.67 bits per heavy atom. The molecule has 2 aromatic rings. The largest absolute Gasteiger partial charge is 0.337 e. The number of likely N-dealkylation sites (tertiary alicyclic amines) is 1. The molecule has 5 nitrogen and oxygen atoms in total. The van der Waals surface area contributed by atoms with Gasteiger partial charge in [0, 0.05) is 13.1 Å². The van der Waals surface area contributed by atoms with Crippen LogP contribution < -0.4 is 0 Å². The highest BCUT2D eigenvalue weighted by atomic mass is 32.2. The second-order valence-electron chi connectivity index (χ2n) is 7.47. The van der Waals surface area contributed by atoms with Crippen LogP contribution in [0.3, 0.4) is 0 Å². The third-order valence-electron chi connectivity index (χ3n) is 5.15. The Kier molecular flexibility index (Phi) is 5.65. The van der Waals surface area contributed by atoms with E-state index in [0.717, 1.165) is 37.1 Å². The molecule has 0 unspecified atom stereocenters. The molecular weight excluding hydrogens is 360 g/mol. The molecule has 0 bridgehead atoms. The number of sulfone groups is 1. The molecule has 27 heavy (non-hydrogen) atoms. The smallest absolute Gasteiger partial charge is 0.272 e. The summed E-state index contributed by atoms with van der Waals surface area (Å²) >= 11 is 0. The van der Waals surface area contributed by atoms with Crippen molar-refractivity contribution in [3.8, 4) is 0 Å². The van der Waals surface area contributed by atoms with E-state index >= 15 is 0 Å². The number of aromatic nitrogens is 1. The molecule has 2 heterocycles. The van der Waals surface area contributed by atoms with Crippen LogP contribution in [-0.4, -0.2) is 37.3 Å². The number of hydrogen-bond donors (Lipinski definition) is 0. The summed E-state index contributed by atoms with van der Waals surface area (Å²) in [5.41, 5.74) is 2.17. The lowest BCUT2D eigenvalue weighted by molar-refractivity contribution is 0.0691. The molecule has 1 aliphatic rings. The van der Waals surface area contributed by atoms with Crippen LogP contribution in [0.1, 0.15) is 47.1 Å². The number of hydrogen-bond acceptors (Lipinski definition) is 4. The lowest BCUT2D eigenvalue weighted by Gasteiger charge is -2.30. The molecule has 0 saturated carbocycles. The third-order valence-corrected chi connectivity index (χ3v) is 7.10. The van der Waals surface area contributed by atoms with Crippen LogP contribution in [0.5, 0.6) is 0 Å². The summed E-state index contributed by atoms with van der Waals surface area (Å²) in [6.45, 7) is 7.24. The number of pyridine rings is 1. The summed E-state index contributed by atoms with van der Waals surface area (Å²) in [7, 11) is -3.54. The maximum Gasteiger partial charge on any atom is 0.272 e. The molecule has 1 aliphatic heterocycles. The molecule has 6 heteroatoms. The molecule has 0 spiro atoms. The van der Waals surface area contributed by atoms with Gasteiger partial charge in [0.1, 0.15) is 5.69 Å². The molecule has 3 rings (SSSR count). The number of aryl methyl sites for hydroxylation is 2. The molecule has 1 aromatic heterocycles. The van der Waals surface area contributed by atoms with Crippen LogP contribution in [0, 0.1) is 19.8 Å². The highest BCUT2D eigenvalue weighted by molar-refractivity contribution is 7.90. The van der Waals surface area contributed by atoms with Crippen LogP contribution in [-0.2, 0) is 15.6 Å². The van der Waals surface area contributed by atoms with Gasteiger partial charge in [-0.2, -0.15) is 0 Å². The summed E-state index contributed by atoms with van der Waals surface area (Å²) in [5.74, 6) is 0.306. The first-order valence-corrected chi connectivity index (χ1v) is 11.0. The number of carbonyl (C=O) groups excluding carboxylic acids is 1. The zero-order valence-electron chi connectivity index (χ0n) is 16.1. The number of nitrogens with zero attached hydrogens (tertiary/aromatic N) is 2. The average molecular weight is 387 g/mol. The number of rotatable bonds is 4. The molecule has 1 amide bonds. The maximum atomic E-state index is 12.9. The van der Waals surface area contributed by atoms with Gasteiger partial charge in [-0.05, 0) is 55.9 Å². The molecule has 1 aromatic carbocycles. The average Bonchev–Trinajstić information content (AvgIpc) is 2.61. The predicted octanol–water partition coefficient (Wildman–Crippen LogP) is 3.54. The van der Waals surface area contributed by atoms with Gasteiger partial charge in [0.15, 0.2) is 9.84 Å². The third kappa shape index (κ3) is 4.38. The van der Waals surface area contributed by atoms with Gasteiger partial charge < -0.3 is 4.90 Å². The van der Waals surface area contributed by atoms with Crippen LogP contribution >= 0.6 is 0 Å². The van der Waals surface area contributed by atoms with Crippen molar-refractivity contribution < 1.29 is 13.2 Å². The normalized spacial score (nSPS) is 15.7. The van der Waals surface area contributed by atoms with Crippen molar-refractivity contribution in [2.75, 3.05) is 13.1 Å². The van der Waals surface area contributed by atoms with E-state index in [0.29, 0.717) is 22.2 Å². The van der Waals surface area contributed by atoms with Gasteiger partial charge in [0.25, 0.3) is 5.91 Å². The SMILES string of the molecule is Cc1cccc(C)c1S(=O)(=O)Cc1cccc(C(=O)N2CCC(C)CC2)n1. The van der Waals surface area contributed by atoms with Gasteiger partial charge in [0.2, 0.25) is 0 Å². The van der Waals surface area contributed by atoms with Gasteiger partial charge >= 0.3 is 0 Å². The highest BCUT2D eigenvalue weighted by Gasteiger charge is 2.24. The Balaban J connectivity index is 1.83. The molecule has 144 valence electrons. The van der Waals surface area contributed by atoms with Crippen molar-refractivity contribution in [1.29, 1.82) is 0 Å². The van der Waals surface area contributed by atoms with E-state index in [1.165, 1.54) is 0 Å². The van der Waals surface area contributed by atoms with Crippen molar-refractivity contribution >= 4 is 15.7 Å². The standard InChI is InChI=1S/C21H26N2O3S/c1-15-10-12-23(13-11-15)21(24)19-9-5-8-18(22-19)14-27(25,26)20-16(2)6-4-7-17(20)3/h4-9,15H,10-14H2,1-3H3. The summed E-state index contributed by atoms with van der Waals surface area (Å²) < 4.78 is 25.9. The highest BCUT2D eigenvalue weighted by Crippen LogP contribution is 2.24. The van der Waals surface area contributed by atoms with E-state index in [9.17, 15) is 13.2 Å². The van der Waals surface area contributed by atoms with Crippen LogP contribution in [0.25, 0.3) is 0 Å². The van der Waals surface area contributed by atoms with Gasteiger partial charge in [0.05, 0.1) is 16.3 Å². The van der Waals surface area contributed by atoms with E-state index in [1.807, 2.05) is 11.0 Å². The first-order valence-electron chi connectivity index (χ1n) is 9.32. The monoisotopic (exact) mass is 386 g/mol. The van der Waals surface area contributed by atoms with E-state index in [-0.39, 0.29) is 11.7 Å². The fourth-order valence-electron chi connectivity index (χ4n) is 3.61. The van der Waals surface area contributed by atoms with E-state index in [2.05, 4.69) is 11.9 Å². The Labute approximate surface area is 161 Å². The molecular formula is C21H26N2O3S. The zero-order chi connectivity index (χ0) is 19.6. The second kappa shape index (κ2) is 7.80. The lowest BCUT2D eigenvalue weighted by atomic mass is 9.99. The quantitative estimate of drug-likeness (QED) is 0.806. The fourth-order valence-corrected chi connectivity index (χ4v) is 5.42.